The van der Waals surface area contributed by atoms with Crippen LogP contribution >= 0.6 is 23.1 Å². The molecule has 3 aliphatic rings. The number of thiazole rings is 1. The molecule has 13 nitrogen and oxygen atoms in total. The van der Waals surface area contributed by atoms with Gasteiger partial charge in [-0.05, 0) is 38.2 Å². The molecule has 1 aliphatic carbocycles. The Hall–Kier alpha value is -5.93. The molecule has 2 aliphatic heterocycles. The van der Waals surface area contributed by atoms with E-state index in [2.05, 4.69) is 15.5 Å². The molecule has 2 unspecified atom stereocenters. The maximum atomic E-state index is 14.3. The number of benzene rings is 3. The molecular formula is C43H43N5O8S2. The fourth-order valence-corrected chi connectivity index (χ4v) is 9.14. The normalized spacial score (nSPS) is 19.2. The third kappa shape index (κ3) is 8.50. The molecule has 3 N–H and O–H groups in total. The van der Waals surface area contributed by atoms with Crippen molar-refractivity contribution >= 4 is 57.9 Å². The first-order chi connectivity index (χ1) is 28.2. The molecule has 2 amide bonds. The molecule has 1 aromatic heterocycles. The second-order valence-corrected chi connectivity index (χ2v) is 15.8. The van der Waals surface area contributed by atoms with Gasteiger partial charge in [-0.2, -0.15) is 0 Å². The van der Waals surface area contributed by atoms with Gasteiger partial charge in [0.2, 0.25) is 11.9 Å². The Kier molecular flexibility index (Phi) is 12.6. The lowest BCUT2D eigenvalue weighted by Gasteiger charge is -2.49. The van der Waals surface area contributed by atoms with Crippen molar-refractivity contribution < 1.29 is 38.2 Å². The molecule has 300 valence electrons. The van der Waals surface area contributed by atoms with Gasteiger partial charge in [-0.1, -0.05) is 115 Å². The van der Waals surface area contributed by atoms with Crippen molar-refractivity contribution in [1.29, 1.82) is 0 Å². The summed E-state index contributed by atoms with van der Waals surface area (Å²) in [6.45, 7) is 3.19. The topological polar surface area (TPSA) is 172 Å². The number of esters is 1. The number of anilines is 1. The number of β-lactam (4-membered cyclic amide) rings is 1. The lowest BCUT2D eigenvalue weighted by Crippen LogP contribution is -2.71. The molecule has 3 atom stereocenters. The Balaban J connectivity index is 1.14. The van der Waals surface area contributed by atoms with Crippen LogP contribution in [0.1, 0.15) is 68.3 Å². The number of nitrogens with two attached hydrogens (primary N) is 1. The summed E-state index contributed by atoms with van der Waals surface area (Å²) in [5.74, 6) is -1.82. The predicted molar refractivity (Wildman–Crippen MR) is 220 cm³/mol. The predicted octanol–water partition coefficient (Wildman–Crippen LogP) is 7.04. The summed E-state index contributed by atoms with van der Waals surface area (Å²) in [6, 6.07) is 27.6. The summed E-state index contributed by atoms with van der Waals surface area (Å²) >= 11 is 2.49. The highest BCUT2D eigenvalue weighted by Gasteiger charge is 2.55. The average molecular weight is 822 g/mol. The van der Waals surface area contributed by atoms with Crippen molar-refractivity contribution in [2.45, 2.75) is 75.4 Å². The number of hydrogen-bond acceptors (Lipinski definition) is 13. The minimum atomic E-state index is -1.31. The minimum absolute atomic E-state index is 0.00341. The molecule has 4 aromatic rings. The summed E-state index contributed by atoms with van der Waals surface area (Å²) in [5, 5.41) is 8.49. The molecular weight excluding hydrogens is 779 g/mol. The van der Waals surface area contributed by atoms with E-state index >= 15 is 0 Å². The van der Waals surface area contributed by atoms with Crippen LogP contribution in [-0.2, 0) is 39.0 Å². The van der Waals surface area contributed by atoms with Gasteiger partial charge >= 0.3 is 12.1 Å². The van der Waals surface area contributed by atoms with Crippen molar-refractivity contribution in [2.24, 2.45) is 5.16 Å². The Morgan fingerprint density at radius 2 is 1.53 bits per heavy atom. The maximum Gasteiger partial charge on any atom is 0.511 e. The van der Waals surface area contributed by atoms with Gasteiger partial charge in [0, 0.05) is 34.7 Å². The second-order valence-electron chi connectivity index (χ2n) is 13.8. The van der Waals surface area contributed by atoms with Crippen molar-refractivity contribution in [3.05, 3.63) is 142 Å². The van der Waals surface area contributed by atoms with Crippen LogP contribution in [0.4, 0.5) is 9.93 Å². The highest BCUT2D eigenvalue weighted by Crippen LogP contribution is 2.43. The van der Waals surface area contributed by atoms with Gasteiger partial charge in [0.05, 0.1) is 0 Å². The van der Waals surface area contributed by atoms with Crippen LogP contribution in [0, 0.1) is 0 Å². The van der Waals surface area contributed by atoms with Crippen LogP contribution in [0.3, 0.4) is 0 Å². The third-order valence-corrected chi connectivity index (χ3v) is 12.0. The molecule has 1 saturated carbocycles. The number of nitrogen functional groups attached to an aromatic ring is 1. The number of amides is 2. The van der Waals surface area contributed by atoms with Crippen molar-refractivity contribution in [2.75, 3.05) is 11.5 Å². The molecule has 0 bridgehead atoms. The van der Waals surface area contributed by atoms with Crippen LogP contribution in [0.5, 0.6) is 0 Å². The van der Waals surface area contributed by atoms with Crippen LogP contribution in [-0.4, -0.2) is 69.1 Å². The summed E-state index contributed by atoms with van der Waals surface area (Å²) in [6.07, 6.45) is 5.55. The van der Waals surface area contributed by atoms with Crippen LogP contribution < -0.4 is 11.1 Å². The number of nitrogens with zero attached hydrogens (tertiary/aromatic N) is 3. The number of thioether (sulfide) groups is 1. The number of rotatable bonds is 13. The number of aromatic nitrogens is 1. The van der Waals surface area contributed by atoms with Crippen LogP contribution in [0.25, 0.3) is 0 Å². The van der Waals surface area contributed by atoms with Gasteiger partial charge in [-0.25, -0.2) is 14.6 Å². The molecule has 1 saturated heterocycles. The summed E-state index contributed by atoms with van der Waals surface area (Å²) in [7, 11) is 0. The van der Waals surface area contributed by atoms with Gasteiger partial charge in [0.15, 0.2) is 10.8 Å². The highest BCUT2D eigenvalue weighted by atomic mass is 32.2. The molecule has 2 fully saturated rings. The van der Waals surface area contributed by atoms with E-state index in [4.69, 9.17) is 24.8 Å². The Labute approximate surface area is 344 Å². The monoisotopic (exact) mass is 821 g/mol. The average Bonchev–Trinajstić information content (AvgIpc) is 3.68. The Morgan fingerprint density at radius 3 is 2.09 bits per heavy atom. The van der Waals surface area contributed by atoms with E-state index in [9.17, 15) is 19.2 Å². The summed E-state index contributed by atoms with van der Waals surface area (Å²) in [4.78, 5) is 66.7. The smallest absolute Gasteiger partial charge is 0.431 e. The lowest BCUT2D eigenvalue weighted by atomic mass is 9.80. The summed E-state index contributed by atoms with van der Waals surface area (Å²) < 4.78 is 16.2. The minimum Gasteiger partial charge on any atom is -0.431 e. The second kappa shape index (κ2) is 18.1. The van der Waals surface area contributed by atoms with Gasteiger partial charge in [-0.15, -0.1) is 23.1 Å². The number of carbonyl (C=O) groups is 4. The van der Waals surface area contributed by atoms with E-state index in [1.807, 2.05) is 91.0 Å². The zero-order chi connectivity index (χ0) is 40.6. The molecule has 0 radical (unpaired) electrons. The molecule has 7 rings (SSSR count). The first-order valence-electron chi connectivity index (χ1n) is 19.0. The van der Waals surface area contributed by atoms with Gasteiger partial charge in [-0.3, -0.25) is 14.5 Å². The van der Waals surface area contributed by atoms with E-state index in [-0.39, 0.29) is 28.3 Å². The molecule has 3 heterocycles. The zero-order valence-electron chi connectivity index (χ0n) is 31.9. The largest absolute Gasteiger partial charge is 0.511 e. The summed E-state index contributed by atoms with van der Waals surface area (Å²) in [5.41, 5.74) is 7.46. The zero-order valence-corrected chi connectivity index (χ0v) is 33.6. The number of allylic oxidation sites excluding steroid dienone is 2. The van der Waals surface area contributed by atoms with Crippen molar-refractivity contribution in [1.82, 2.24) is 15.2 Å². The quantitative estimate of drug-likeness (QED) is 0.0354. The van der Waals surface area contributed by atoms with Crippen LogP contribution in [0.15, 0.2) is 125 Å². The maximum absolute atomic E-state index is 14.3. The number of ether oxygens (including phenoxy) is 3. The molecule has 15 heteroatoms. The standard InChI is InChI=1S/C43H43N5O8S2/c1-3-16-28-25-57-39-35(38(50)48(39)36(28)40(51)53-27(2)54-42(52)55-32-23-14-7-15-24-32)46-37(49)34(33-26-58-41(44)45-33)47-56-43(29-17-8-4-9-18-29,30-19-10-5-11-20-30)31-21-12-6-13-22-31/h3-6,8-13,16-22,26-27,32,35,39H,7,14-15,23-25H2,1-2H3,(H2,44,45)(H,46,49)/b16-3-,47-34-/t27?,35?,39-/m0/s1. The van der Waals surface area contributed by atoms with Crippen LogP contribution in [0.2, 0.25) is 0 Å². The van der Waals surface area contributed by atoms with E-state index < -0.39 is 47.2 Å². The van der Waals surface area contributed by atoms with Gasteiger partial charge in [0.25, 0.3) is 11.8 Å². The van der Waals surface area contributed by atoms with E-state index in [1.54, 1.807) is 24.5 Å². The molecule has 3 aromatic carbocycles. The van der Waals surface area contributed by atoms with E-state index in [1.165, 1.54) is 23.6 Å². The van der Waals surface area contributed by atoms with E-state index in [0.717, 1.165) is 60.1 Å². The number of nitrogens with one attached hydrogen (secondary N) is 1. The van der Waals surface area contributed by atoms with Crippen molar-refractivity contribution in [3.63, 3.8) is 0 Å². The first kappa shape index (κ1) is 40.3. The van der Waals surface area contributed by atoms with Gasteiger partial charge < -0.3 is 30.1 Å². The SMILES string of the molecule is C/C=C\C1=C(C(=O)OC(C)OC(=O)OC2CCCCC2)N2C(=O)C(NC(=O)/C(=N\OC(c3ccccc3)(c3ccccc3)c3ccccc3)c3csc(N)n3)[C@@H]2SC1. The lowest BCUT2D eigenvalue weighted by molar-refractivity contribution is -0.169. The number of oxime groups is 1. The number of carbonyl (C=O) groups excluding carboxylic acids is 4. The fraction of sp³-hybridized carbons (Fsp3) is 0.302. The van der Waals surface area contributed by atoms with E-state index in [0.29, 0.717) is 11.3 Å². The van der Waals surface area contributed by atoms with Gasteiger partial charge in [0.1, 0.15) is 28.9 Å². The Morgan fingerprint density at radius 1 is 0.931 bits per heavy atom. The first-order valence-corrected chi connectivity index (χ1v) is 21.0. The highest BCUT2D eigenvalue weighted by molar-refractivity contribution is 8.00. The number of hydrogen-bond donors (Lipinski definition) is 2. The molecule has 0 spiro atoms. The Bertz CT molecular complexity index is 2110. The fourth-order valence-electron chi connectivity index (χ4n) is 7.28. The molecule has 58 heavy (non-hydrogen) atoms. The third-order valence-electron chi connectivity index (χ3n) is 9.99. The number of fused-ring (bicyclic) bond motifs is 1. The van der Waals surface area contributed by atoms with Crippen molar-refractivity contribution in [3.8, 4) is 0 Å².